The van der Waals surface area contributed by atoms with E-state index in [1.54, 1.807) is 13.2 Å². The third-order valence-corrected chi connectivity index (χ3v) is 3.65. The highest BCUT2D eigenvalue weighted by Crippen LogP contribution is 2.20. The van der Waals surface area contributed by atoms with Gasteiger partial charge in [-0.05, 0) is 25.0 Å². The number of hydrogen-bond donors (Lipinski definition) is 2. The Morgan fingerprint density at radius 2 is 2.22 bits per heavy atom. The van der Waals surface area contributed by atoms with Gasteiger partial charge in [0.15, 0.2) is 0 Å². The van der Waals surface area contributed by atoms with Crippen molar-refractivity contribution in [3.8, 4) is 0 Å². The van der Waals surface area contributed by atoms with Crippen molar-refractivity contribution < 1.29 is 4.74 Å². The highest BCUT2D eigenvalue weighted by molar-refractivity contribution is 6.31. The minimum Gasteiger partial charge on any atom is -0.381 e. The summed E-state index contributed by atoms with van der Waals surface area (Å²) < 4.78 is 5.36. The fraction of sp³-hybridized carbons (Fsp3) is 0.583. The zero-order valence-electron chi connectivity index (χ0n) is 10.5. The van der Waals surface area contributed by atoms with Crippen molar-refractivity contribution >= 4 is 17.4 Å². The Kier molecular flexibility index (Phi) is 4.77. The number of piperidine rings is 1. The van der Waals surface area contributed by atoms with Crippen LogP contribution in [0.2, 0.25) is 5.02 Å². The number of nitrogens with zero attached hydrogens (tertiary/aromatic N) is 2. The van der Waals surface area contributed by atoms with E-state index >= 15 is 0 Å². The van der Waals surface area contributed by atoms with Gasteiger partial charge in [-0.1, -0.05) is 11.6 Å². The van der Waals surface area contributed by atoms with E-state index in [0.29, 0.717) is 16.9 Å². The molecule has 0 unspecified atom stereocenters. The van der Waals surface area contributed by atoms with Crippen LogP contribution in [0.25, 0.3) is 0 Å². The normalized spacial score (nSPS) is 17.9. The van der Waals surface area contributed by atoms with E-state index in [9.17, 15) is 0 Å². The van der Waals surface area contributed by atoms with Crippen molar-refractivity contribution in [2.24, 2.45) is 5.84 Å². The zero-order chi connectivity index (χ0) is 13.0. The van der Waals surface area contributed by atoms with E-state index in [-0.39, 0.29) is 0 Å². The predicted molar refractivity (Wildman–Crippen MR) is 72.4 cm³/mol. The maximum Gasteiger partial charge on any atom is 0.140 e. The van der Waals surface area contributed by atoms with Crippen LogP contribution < -0.4 is 11.3 Å². The SMILES string of the molecule is COC1CCN(Cc2nc(NN)ccc2Cl)CC1. The van der Waals surface area contributed by atoms with Crippen LogP contribution in [0.3, 0.4) is 0 Å². The lowest BCUT2D eigenvalue weighted by molar-refractivity contribution is 0.0385. The fourth-order valence-corrected chi connectivity index (χ4v) is 2.36. The number of hydrazine groups is 1. The van der Waals surface area contributed by atoms with Gasteiger partial charge >= 0.3 is 0 Å². The number of rotatable bonds is 4. The van der Waals surface area contributed by atoms with Crippen molar-refractivity contribution in [1.29, 1.82) is 0 Å². The Morgan fingerprint density at radius 1 is 1.50 bits per heavy atom. The van der Waals surface area contributed by atoms with Gasteiger partial charge in [0.2, 0.25) is 0 Å². The standard InChI is InChI=1S/C12H19ClN4O/c1-18-9-4-6-17(7-5-9)8-11-10(13)2-3-12(15-11)16-14/h2-3,9H,4-8,14H2,1H3,(H,15,16). The lowest BCUT2D eigenvalue weighted by Crippen LogP contribution is -2.36. The van der Waals surface area contributed by atoms with Crippen LogP contribution in [-0.4, -0.2) is 36.2 Å². The van der Waals surface area contributed by atoms with Gasteiger partial charge in [-0.15, -0.1) is 0 Å². The van der Waals surface area contributed by atoms with Crippen molar-refractivity contribution in [2.45, 2.75) is 25.5 Å². The Hall–Kier alpha value is -0.880. The summed E-state index contributed by atoms with van der Waals surface area (Å²) >= 11 is 6.15. The number of nitrogens with two attached hydrogens (primary N) is 1. The maximum absolute atomic E-state index is 6.15. The van der Waals surface area contributed by atoms with Crippen LogP contribution in [-0.2, 0) is 11.3 Å². The lowest BCUT2D eigenvalue weighted by Gasteiger charge is -2.31. The first kappa shape index (κ1) is 13.5. The van der Waals surface area contributed by atoms with Gasteiger partial charge in [0.25, 0.3) is 0 Å². The second-order valence-electron chi connectivity index (χ2n) is 4.48. The number of likely N-dealkylation sites (tertiary alicyclic amines) is 1. The molecule has 2 rings (SSSR count). The summed E-state index contributed by atoms with van der Waals surface area (Å²) in [5.41, 5.74) is 3.40. The summed E-state index contributed by atoms with van der Waals surface area (Å²) in [7, 11) is 1.77. The number of ether oxygens (including phenoxy) is 1. The molecule has 3 N–H and O–H groups in total. The van der Waals surface area contributed by atoms with Gasteiger partial charge in [-0.2, -0.15) is 0 Å². The molecule has 0 aromatic carbocycles. The van der Waals surface area contributed by atoms with Gasteiger partial charge in [0.05, 0.1) is 16.8 Å². The Morgan fingerprint density at radius 3 is 2.83 bits per heavy atom. The van der Waals surface area contributed by atoms with Crippen molar-refractivity contribution in [1.82, 2.24) is 9.88 Å². The molecular weight excluding hydrogens is 252 g/mol. The number of halogens is 1. The van der Waals surface area contributed by atoms with Crippen molar-refractivity contribution in [2.75, 3.05) is 25.6 Å². The molecule has 0 aliphatic carbocycles. The predicted octanol–water partition coefficient (Wildman–Crippen LogP) is 1.63. The van der Waals surface area contributed by atoms with E-state index in [1.165, 1.54) is 0 Å². The molecule has 2 heterocycles. The monoisotopic (exact) mass is 270 g/mol. The summed E-state index contributed by atoms with van der Waals surface area (Å²) in [6, 6.07) is 3.59. The average molecular weight is 271 g/mol. The molecule has 1 aromatic rings. The van der Waals surface area contributed by atoms with Crippen LogP contribution in [0.5, 0.6) is 0 Å². The number of anilines is 1. The summed E-state index contributed by atoms with van der Waals surface area (Å²) in [6.07, 6.45) is 2.51. The van der Waals surface area contributed by atoms with Crippen LogP contribution >= 0.6 is 11.6 Å². The summed E-state index contributed by atoms with van der Waals surface area (Å²) in [5, 5.41) is 0.683. The third-order valence-electron chi connectivity index (χ3n) is 3.31. The molecule has 100 valence electrons. The van der Waals surface area contributed by atoms with Gasteiger partial charge in [0, 0.05) is 26.7 Å². The number of methoxy groups -OCH3 is 1. The second-order valence-corrected chi connectivity index (χ2v) is 4.89. The molecule has 1 aliphatic rings. The number of nitrogens with one attached hydrogen (secondary N) is 1. The van der Waals surface area contributed by atoms with Gasteiger partial charge < -0.3 is 10.2 Å². The largest absolute Gasteiger partial charge is 0.381 e. The van der Waals surface area contributed by atoms with Gasteiger partial charge in [-0.25, -0.2) is 10.8 Å². The van der Waals surface area contributed by atoms with E-state index in [2.05, 4.69) is 15.3 Å². The Bertz CT molecular complexity index is 394. The first-order chi connectivity index (χ1) is 8.72. The van der Waals surface area contributed by atoms with Crippen molar-refractivity contribution in [3.05, 3.63) is 22.8 Å². The summed E-state index contributed by atoms with van der Waals surface area (Å²) in [6.45, 7) is 2.78. The quantitative estimate of drug-likeness (QED) is 0.643. The molecule has 1 saturated heterocycles. The van der Waals surface area contributed by atoms with Crippen molar-refractivity contribution in [3.63, 3.8) is 0 Å². The third kappa shape index (κ3) is 3.32. The van der Waals surface area contributed by atoms with E-state index in [4.69, 9.17) is 22.2 Å². The molecule has 0 saturated carbocycles. The number of aromatic nitrogens is 1. The van der Waals surface area contributed by atoms with Gasteiger partial charge in [-0.3, -0.25) is 4.90 Å². The Balaban J connectivity index is 1.97. The molecule has 1 aliphatic heterocycles. The topological polar surface area (TPSA) is 63.4 Å². The molecule has 0 spiro atoms. The maximum atomic E-state index is 6.15. The molecule has 6 heteroatoms. The Labute approximate surface area is 112 Å². The average Bonchev–Trinajstić information content (AvgIpc) is 2.42. The molecule has 18 heavy (non-hydrogen) atoms. The first-order valence-electron chi connectivity index (χ1n) is 6.10. The van der Waals surface area contributed by atoms with Crippen LogP contribution in [0.15, 0.2) is 12.1 Å². The minimum absolute atomic E-state index is 0.390. The van der Waals surface area contributed by atoms with Gasteiger partial charge in [0.1, 0.15) is 5.82 Å². The minimum atomic E-state index is 0.390. The van der Waals surface area contributed by atoms with E-state index < -0.39 is 0 Å². The molecular formula is C12H19ClN4O. The lowest BCUT2D eigenvalue weighted by atomic mass is 10.1. The first-order valence-corrected chi connectivity index (χ1v) is 6.48. The number of nitrogen functional groups attached to an aromatic ring is 1. The van der Waals surface area contributed by atoms with Crippen LogP contribution in [0.4, 0.5) is 5.82 Å². The molecule has 0 radical (unpaired) electrons. The van der Waals surface area contributed by atoms with E-state index in [0.717, 1.165) is 38.2 Å². The number of pyridine rings is 1. The van der Waals surface area contributed by atoms with E-state index in [1.807, 2.05) is 6.07 Å². The molecule has 0 amide bonds. The summed E-state index contributed by atoms with van der Waals surface area (Å²) in [4.78, 5) is 6.72. The molecule has 1 aromatic heterocycles. The molecule has 5 nitrogen and oxygen atoms in total. The van der Waals surface area contributed by atoms with Crippen LogP contribution in [0, 0.1) is 0 Å². The van der Waals surface area contributed by atoms with Crippen LogP contribution in [0.1, 0.15) is 18.5 Å². The highest BCUT2D eigenvalue weighted by Gasteiger charge is 2.19. The second kappa shape index (κ2) is 6.33. The molecule has 1 fully saturated rings. The highest BCUT2D eigenvalue weighted by atomic mass is 35.5. The zero-order valence-corrected chi connectivity index (χ0v) is 11.3. The summed E-state index contributed by atoms with van der Waals surface area (Å²) in [5.74, 6) is 5.99. The number of hydrogen-bond acceptors (Lipinski definition) is 5. The molecule has 0 bridgehead atoms. The smallest absolute Gasteiger partial charge is 0.140 e. The fourth-order valence-electron chi connectivity index (χ4n) is 2.19. The molecule has 0 atom stereocenters.